The number of rotatable bonds is 8. The average molecular weight is 511 g/mol. The lowest BCUT2D eigenvalue weighted by Crippen LogP contribution is -2.50. The van der Waals surface area contributed by atoms with Crippen molar-refractivity contribution in [1.82, 2.24) is 9.80 Å². The molecule has 194 valence electrons. The van der Waals surface area contributed by atoms with Gasteiger partial charge in [-0.2, -0.15) is 0 Å². The number of hydrogen-bond donors (Lipinski definition) is 0. The van der Waals surface area contributed by atoms with Crippen molar-refractivity contribution in [3.05, 3.63) is 51.2 Å². The molecule has 1 aromatic heterocycles. The Morgan fingerprint density at radius 3 is 2.72 bits per heavy atom. The maximum atomic E-state index is 13.8. The molecule has 0 bridgehead atoms. The lowest BCUT2D eigenvalue weighted by Gasteiger charge is -2.37. The van der Waals surface area contributed by atoms with Crippen LogP contribution in [0.3, 0.4) is 0 Å². The van der Waals surface area contributed by atoms with Crippen molar-refractivity contribution < 1.29 is 19.1 Å². The number of carbonyl (C=O) groups is 2. The van der Waals surface area contributed by atoms with E-state index < -0.39 is 0 Å². The Labute approximate surface area is 218 Å². The molecule has 1 saturated carbocycles. The van der Waals surface area contributed by atoms with Crippen molar-refractivity contribution in [2.24, 2.45) is 5.92 Å². The highest BCUT2D eigenvalue weighted by Gasteiger charge is 2.36. The number of carbonyl (C=O) groups excluding carboxylic acids is 2. The fraction of sp³-hybridized carbons (Fsp3) is 0.586. The third kappa shape index (κ3) is 5.62. The Bertz CT molecular complexity index is 1070. The molecule has 6 nitrogen and oxygen atoms in total. The molecule has 2 aromatic rings. The first kappa shape index (κ1) is 25.3. The summed E-state index contributed by atoms with van der Waals surface area (Å²) < 4.78 is 12.1. The highest BCUT2D eigenvalue weighted by Crippen LogP contribution is 2.35. The van der Waals surface area contributed by atoms with E-state index in [4.69, 9.17) is 9.47 Å². The molecule has 1 aromatic carbocycles. The molecule has 1 aliphatic carbocycles. The zero-order valence-corrected chi connectivity index (χ0v) is 22.4. The second kappa shape index (κ2) is 11.3. The first-order valence-electron chi connectivity index (χ1n) is 13.5. The lowest BCUT2D eigenvalue weighted by atomic mass is 10.00. The molecule has 2 atom stereocenters. The maximum Gasteiger partial charge on any atom is 0.242 e. The minimum atomic E-state index is -0.153. The molecule has 2 aliphatic heterocycles. The minimum Gasteiger partial charge on any atom is -0.491 e. The van der Waals surface area contributed by atoms with Gasteiger partial charge in [-0.3, -0.25) is 9.59 Å². The average Bonchev–Trinajstić information content (AvgIpc) is 3.65. The van der Waals surface area contributed by atoms with Gasteiger partial charge < -0.3 is 19.3 Å². The Balaban J connectivity index is 1.32. The van der Waals surface area contributed by atoms with E-state index in [9.17, 15) is 9.59 Å². The molecule has 0 unspecified atom stereocenters. The van der Waals surface area contributed by atoms with Gasteiger partial charge in [-0.05, 0) is 74.6 Å². The third-order valence-electron chi connectivity index (χ3n) is 7.93. The molecule has 2 fully saturated rings. The number of thiophene rings is 1. The lowest BCUT2D eigenvalue weighted by molar-refractivity contribution is -0.146. The van der Waals surface area contributed by atoms with Crippen molar-refractivity contribution in [1.29, 1.82) is 0 Å². The Morgan fingerprint density at radius 2 is 1.97 bits per heavy atom. The monoisotopic (exact) mass is 510 g/mol. The fourth-order valence-corrected chi connectivity index (χ4v) is 6.88. The SMILES string of the molecule is Cc1ccc(OC[C@H]2c3ccsc3CCN2C(=O)CN(C[C@H]2CCCO2)C(=O)C2CCCC2)c(C)c1. The zero-order chi connectivity index (χ0) is 25.1. The van der Waals surface area contributed by atoms with E-state index in [1.807, 2.05) is 11.0 Å². The van der Waals surface area contributed by atoms with E-state index in [2.05, 4.69) is 37.4 Å². The summed E-state index contributed by atoms with van der Waals surface area (Å²) >= 11 is 1.75. The summed E-state index contributed by atoms with van der Waals surface area (Å²) in [4.78, 5) is 32.3. The Morgan fingerprint density at radius 1 is 1.14 bits per heavy atom. The van der Waals surface area contributed by atoms with Crippen LogP contribution in [0.5, 0.6) is 5.75 Å². The largest absolute Gasteiger partial charge is 0.491 e. The van der Waals surface area contributed by atoms with Crippen molar-refractivity contribution >= 4 is 23.2 Å². The summed E-state index contributed by atoms with van der Waals surface area (Å²) in [6.07, 6.45) is 6.93. The van der Waals surface area contributed by atoms with Gasteiger partial charge in [0.25, 0.3) is 0 Å². The van der Waals surface area contributed by atoms with Crippen LogP contribution in [-0.4, -0.2) is 60.6 Å². The summed E-state index contributed by atoms with van der Waals surface area (Å²) in [7, 11) is 0. The van der Waals surface area contributed by atoms with Crippen LogP contribution in [-0.2, 0) is 20.7 Å². The van der Waals surface area contributed by atoms with Gasteiger partial charge in [-0.1, -0.05) is 30.5 Å². The van der Waals surface area contributed by atoms with Crippen LogP contribution in [0.2, 0.25) is 0 Å². The van der Waals surface area contributed by atoms with Gasteiger partial charge in [0.15, 0.2) is 0 Å². The maximum absolute atomic E-state index is 13.8. The van der Waals surface area contributed by atoms with Crippen molar-refractivity contribution in [3.8, 4) is 5.75 Å². The Hall–Kier alpha value is -2.38. The van der Waals surface area contributed by atoms with Gasteiger partial charge in [-0.15, -0.1) is 11.3 Å². The first-order chi connectivity index (χ1) is 17.5. The molecule has 36 heavy (non-hydrogen) atoms. The number of fused-ring (bicyclic) bond motifs is 1. The molecule has 2 amide bonds. The van der Waals surface area contributed by atoms with E-state index in [0.29, 0.717) is 19.7 Å². The van der Waals surface area contributed by atoms with Crippen molar-refractivity contribution in [3.63, 3.8) is 0 Å². The van der Waals surface area contributed by atoms with Gasteiger partial charge >= 0.3 is 0 Å². The van der Waals surface area contributed by atoms with Gasteiger partial charge in [-0.25, -0.2) is 0 Å². The summed E-state index contributed by atoms with van der Waals surface area (Å²) in [5.74, 6) is 1.04. The second-order valence-electron chi connectivity index (χ2n) is 10.6. The van der Waals surface area contributed by atoms with E-state index in [-0.39, 0.29) is 36.4 Å². The van der Waals surface area contributed by atoms with Crippen LogP contribution >= 0.6 is 11.3 Å². The number of benzene rings is 1. The summed E-state index contributed by atoms with van der Waals surface area (Å²) in [5.41, 5.74) is 3.48. The van der Waals surface area contributed by atoms with E-state index in [0.717, 1.165) is 62.9 Å². The normalized spacial score (nSPS) is 22.0. The minimum absolute atomic E-state index is 0.00502. The third-order valence-corrected chi connectivity index (χ3v) is 8.93. The van der Waals surface area contributed by atoms with E-state index in [1.165, 1.54) is 16.0 Å². The van der Waals surface area contributed by atoms with Crippen molar-refractivity contribution in [2.45, 2.75) is 70.9 Å². The van der Waals surface area contributed by atoms with E-state index >= 15 is 0 Å². The summed E-state index contributed by atoms with van der Waals surface area (Å²) in [5, 5.41) is 2.11. The zero-order valence-electron chi connectivity index (χ0n) is 21.5. The Kier molecular flexibility index (Phi) is 7.96. The van der Waals surface area contributed by atoms with Gasteiger partial charge in [0.05, 0.1) is 18.7 Å². The second-order valence-corrected chi connectivity index (χ2v) is 11.6. The van der Waals surface area contributed by atoms with Crippen molar-refractivity contribution in [2.75, 3.05) is 32.8 Å². The quantitative estimate of drug-likeness (QED) is 0.498. The molecular formula is C29H38N2O4S. The predicted molar refractivity (Wildman–Crippen MR) is 141 cm³/mol. The molecule has 0 spiro atoms. The fourth-order valence-electron chi connectivity index (χ4n) is 5.96. The van der Waals surface area contributed by atoms with Crippen LogP contribution in [0.4, 0.5) is 0 Å². The number of ether oxygens (including phenoxy) is 2. The molecule has 5 rings (SSSR count). The van der Waals surface area contributed by atoms with Crippen LogP contribution in [0, 0.1) is 19.8 Å². The van der Waals surface area contributed by atoms with Crippen LogP contribution < -0.4 is 4.74 Å². The topological polar surface area (TPSA) is 59.1 Å². The van der Waals surface area contributed by atoms with Crippen LogP contribution in [0.1, 0.15) is 66.1 Å². The van der Waals surface area contributed by atoms with Crippen LogP contribution in [0.25, 0.3) is 0 Å². The van der Waals surface area contributed by atoms with Gasteiger partial charge in [0.1, 0.15) is 12.4 Å². The highest BCUT2D eigenvalue weighted by atomic mass is 32.1. The first-order valence-corrected chi connectivity index (χ1v) is 14.3. The molecule has 3 aliphatic rings. The standard InChI is InChI=1S/C29H38N2O4S/c1-20-9-10-26(21(2)16-20)35-19-25-24-12-15-36-27(24)11-13-31(25)28(32)18-30(17-23-8-5-14-34-23)29(33)22-6-3-4-7-22/h9-10,12,15-16,22-23,25H,3-8,11,13-14,17-19H2,1-2H3/t23-,25+/m1/s1. The van der Waals surface area contributed by atoms with Gasteiger partial charge in [0, 0.05) is 30.5 Å². The predicted octanol–water partition coefficient (Wildman–Crippen LogP) is 5.07. The number of aryl methyl sites for hydroxylation is 2. The molecule has 3 heterocycles. The number of amides is 2. The molecular weight excluding hydrogens is 472 g/mol. The number of hydrogen-bond acceptors (Lipinski definition) is 5. The van der Waals surface area contributed by atoms with E-state index in [1.54, 1.807) is 16.2 Å². The summed E-state index contributed by atoms with van der Waals surface area (Å²) in [6.45, 7) is 6.57. The molecule has 0 radical (unpaired) electrons. The smallest absolute Gasteiger partial charge is 0.242 e. The highest BCUT2D eigenvalue weighted by molar-refractivity contribution is 7.10. The summed E-state index contributed by atoms with van der Waals surface area (Å²) in [6, 6.07) is 8.16. The molecule has 0 N–H and O–H groups in total. The number of nitrogens with zero attached hydrogens (tertiary/aromatic N) is 2. The van der Waals surface area contributed by atoms with Crippen LogP contribution in [0.15, 0.2) is 29.6 Å². The molecule has 7 heteroatoms. The van der Waals surface area contributed by atoms with Gasteiger partial charge in [0.2, 0.25) is 11.8 Å². The molecule has 1 saturated heterocycles.